The minimum absolute atomic E-state index is 0. The number of anilines is 2. The van der Waals surface area contributed by atoms with E-state index in [4.69, 9.17) is 0 Å². The minimum Gasteiger partial charge on any atom is -0.326 e. The Balaban J connectivity index is 0.000000180. The van der Waals surface area contributed by atoms with E-state index in [-0.39, 0.29) is 23.2 Å². The Morgan fingerprint density at radius 3 is 2.08 bits per heavy atom. The number of aryl methyl sites for hydroxylation is 2. The second-order valence-corrected chi connectivity index (χ2v) is 7.72. The second kappa shape index (κ2) is 9.71. The van der Waals surface area contributed by atoms with Crippen LogP contribution in [0.3, 0.4) is 0 Å². The topological polar surface area (TPSA) is 58.2 Å². The fraction of sp³-hybridized carbons (Fsp3) is 0.333. The van der Waals surface area contributed by atoms with Crippen molar-refractivity contribution in [1.82, 2.24) is 0 Å². The number of hydrogen-bond donors (Lipinski definition) is 2. The van der Waals surface area contributed by atoms with Crippen LogP contribution in [-0.4, -0.2) is 15.7 Å². The summed E-state index contributed by atoms with van der Waals surface area (Å²) in [7, 11) is 0. The zero-order valence-corrected chi connectivity index (χ0v) is 16.1. The summed E-state index contributed by atoms with van der Waals surface area (Å²) in [6.07, 6.45) is 4.54. The molecule has 0 fully saturated rings. The molecule has 1 atom stereocenters. The van der Waals surface area contributed by atoms with E-state index in [1.54, 1.807) is 0 Å². The van der Waals surface area contributed by atoms with Crippen LogP contribution >= 0.6 is 22.6 Å². The van der Waals surface area contributed by atoms with E-state index in [1.807, 2.05) is 36.4 Å². The molecule has 2 aromatic carbocycles. The van der Waals surface area contributed by atoms with Crippen molar-refractivity contribution in [3.8, 4) is 0 Å². The first kappa shape index (κ1) is 20.4. The van der Waals surface area contributed by atoms with Crippen molar-refractivity contribution in [3.63, 3.8) is 0 Å². The van der Waals surface area contributed by atoms with Crippen LogP contribution in [0.2, 0.25) is 0 Å². The normalized spacial score (nSPS) is 18.3. The molecular weight excluding hydrogens is 439 g/mol. The quantitative estimate of drug-likeness (QED) is 0.427. The molecule has 4 rings (SSSR count). The van der Waals surface area contributed by atoms with Crippen molar-refractivity contribution in [3.05, 3.63) is 59.7 Å². The smallest absolute Gasteiger partial charge is 0.237 e. The number of para-hydroxylation sites is 2. The van der Waals surface area contributed by atoms with Crippen LogP contribution in [0.5, 0.6) is 0 Å². The Kier molecular flexibility index (Phi) is 7.63. The summed E-state index contributed by atoms with van der Waals surface area (Å²) in [5.74, 6) is 0.269. The van der Waals surface area contributed by atoms with Crippen molar-refractivity contribution in [2.75, 3.05) is 10.6 Å². The predicted molar refractivity (Wildman–Crippen MR) is 116 cm³/mol. The maximum absolute atomic E-state index is 11.5. The molecule has 2 amide bonds. The lowest BCUT2D eigenvalue weighted by atomic mass is 10.1. The Morgan fingerprint density at radius 1 is 0.808 bits per heavy atom. The van der Waals surface area contributed by atoms with E-state index in [1.165, 1.54) is 11.1 Å². The average molecular weight is 464 g/mol. The fourth-order valence-electron chi connectivity index (χ4n) is 3.00. The number of carbonyl (C=O) groups is 2. The molecule has 0 bridgehead atoms. The van der Waals surface area contributed by atoms with Crippen LogP contribution in [0.15, 0.2) is 48.5 Å². The van der Waals surface area contributed by atoms with Gasteiger partial charge in [0.1, 0.15) is 0 Å². The molecule has 0 aromatic heterocycles. The minimum atomic E-state index is 0. The van der Waals surface area contributed by atoms with Gasteiger partial charge in [-0.05, 0) is 48.9 Å². The number of alkyl halides is 1. The highest BCUT2D eigenvalue weighted by Gasteiger charge is 2.20. The van der Waals surface area contributed by atoms with Crippen molar-refractivity contribution in [2.45, 2.75) is 43.5 Å². The summed E-state index contributed by atoms with van der Waals surface area (Å²) in [5, 5.41) is 5.81. The van der Waals surface area contributed by atoms with Gasteiger partial charge in [0.2, 0.25) is 11.8 Å². The maximum Gasteiger partial charge on any atom is 0.237 e. The van der Waals surface area contributed by atoms with Crippen LogP contribution in [0.25, 0.3) is 0 Å². The molecule has 1 unspecified atom stereocenters. The van der Waals surface area contributed by atoms with E-state index in [2.05, 4.69) is 45.4 Å². The van der Waals surface area contributed by atoms with Crippen LogP contribution in [-0.2, 0) is 22.4 Å². The van der Waals surface area contributed by atoms with Crippen molar-refractivity contribution in [1.29, 1.82) is 0 Å². The highest BCUT2D eigenvalue weighted by atomic mass is 127. The van der Waals surface area contributed by atoms with Gasteiger partial charge in [-0.1, -0.05) is 66.4 Å². The third-order valence-corrected chi connectivity index (χ3v) is 5.56. The number of halogens is 1. The summed E-state index contributed by atoms with van der Waals surface area (Å²) < 4.78 is 0.102. The second-order valence-electron chi connectivity index (χ2n) is 6.21. The summed E-state index contributed by atoms with van der Waals surface area (Å²) in [4.78, 5) is 22.6. The zero-order valence-electron chi connectivity index (χ0n) is 13.9. The fourth-order valence-corrected chi connectivity index (χ4v) is 3.46. The van der Waals surface area contributed by atoms with Gasteiger partial charge in [-0.25, -0.2) is 0 Å². The van der Waals surface area contributed by atoms with E-state index in [9.17, 15) is 9.59 Å². The highest BCUT2D eigenvalue weighted by molar-refractivity contribution is 14.1. The molecule has 2 aliphatic heterocycles. The summed E-state index contributed by atoms with van der Waals surface area (Å²) >= 11 is 2.19. The van der Waals surface area contributed by atoms with Crippen LogP contribution in [0, 0.1) is 0 Å². The highest BCUT2D eigenvalue weighted by Crippen LogP contribution is 2.24. The van der Waals surface area contributed by atoms with Crippen molar-refractivity contribution < 1.29 is 9.59 Å². The first-order valence-electron chi connectivity index (χ1n) is 8.54. The number of amides is 2. The van der Waals surface area contributed by atoms with Gasteiger partial charge in [0, 0.05) is 17.8 Å². The molecular formula is C21H25IN2O2. The third-order valence-electron chi connectivity index (χ3n) is 4.37. The molecule has 2 heterocycles. The van der Waals surface area contributed by atoms with Crippen LogP contribution in [0.1, 0.15) is 37.8 Å². The maximum atomic E-state index is 11.5. The van der Waals surface area contributed by atoms with Gasteiger partial charge in [-0.15, -0.1) is 0 Å². The number of benzene rings is 2. The Labute approximate surface area is 168 Å². The number of rotatable bonds is 0. The van der Waals surface area contributed by atoms with E-state index < -0.39 is 0 Å². The standard InChI is InChI=1S/C10H10INO.C10H11NO.CH4/c11-8-6-5-7-3-1-2-4-9(7)12-10(8)13;12-10-7-3-5-8-4-1-2-6-9(8)11-10;/h1-4,8H,5-6H2,(H,12,13);1-2,4,6H,3,5,7H2,(H,11,12);1H4. The van der Waals surface area contributed by atoms with Crippen LogP contribution in [0.4, 0.5) is 11.4 Å². The molecule has 26 heavy (non-hydrogen) atoms. The van der Waals surface area contributed by atoms with E-state index in [0.717, 1.165) is 37.1 Å². The molecule has 2 aliphatic rings. The molecule has 2 aromatic rings. The number of carbonyl (C=O) groups excluding carboxylic acids is 2. The first-order chi connectivity index (χ1) is 12.1. The van der Waals surface area contributed by atoms with Gasteiger partial charge in [0.25, 0.3) is 0 Å². The molecule has 5 heteroatoms. The van der Waals surface area contributed by atoms with Crippen molar-refractivity contribution in [2.24, 2.45) is 0 Å². The van der Waals surface area contributed by atoms with E-state index in [0.29, 0.717) is 6.42 Å². The predicted octanol–water partition coefficient (Wildman–Crippen LogP) is 4.97. The third kappa shape index (κ3) is 5.30. The molecule has 0 saturated heterocycles. The molecule has 0 aliphatic carbocycles. The van der Waals surface area contributed by atoms with E-state index >= 15 is 0 Å². The van der Waals surface area contributed by atoms with Crippen LogP contribution < -0.4 is 10.6 Å². The average Bonchev–Trinajstić information content (AvgIpc) is 2.89. The largest absolute Gasteiger partial charge is 0.326 e. The van der Waals surface area contributed by atoms with Gasteiger partial charge >= 0.3 is 0 Å². The Hall–Kier alpha value is -1.89. The Morgan fingerprint density at radius 2 is 1.38 bits per heavy atom. The lowest BCUT2D eigenvalue weighted by Gasteiger charge is -2.05. The lowest BCUT2D eigenvalue weighted by Crippen LogP contribution is -2.20. The number of nitrogens with one attached hydrogen (secondary N) is 2. The molecule has 138 valence electrons. The van der Waals surface area contributed by atoms with Gasteiger partial charge in [-0.3, -0.25) is 9.59 Å². The summed E-state index contributed by atoms with van der Waals surface area (Å²) in [5.41, 5.74) is 4.46. The van der Waals surface area contributed by atoms with Gasteiger partial charge in [0.15, 0.2) is 0 Å². The number of hydrogen-bond acceptors (Lipinski definition) is 2. The number of fused-ring (bicyclic) bond motifs is 2. The summed E-state index contributed by atoms with van der Waals surface area (Å²) in [6, 6.07) is 16.0. The van der Waals surface area contributed by atoms with Crippen molar-refractivity contribution >= 4 is 45.8 Å². The summed E-state index contributed by atoms with van der Waals surface area (Å²) in [6.45, 7) is 0. The van der Waals surface area contributed by atoms with Gasteiger partial charge in [-0.2, -0.15) is 0 Å². The molecule has 0 spiro atoms. The molecule has 0 saturated carbocycles. The monoisotopic (exact) mass is 464 g/mol. The van der Waals surface area contributed by atoms with Gasteiger partial charge < -0.3 is 10.6 Å². The SMILES string of the molecule is C.O=C1CCCc2ccccc2N1.O=C1Nc2ccccc2CCC1I. The molecule has 2 N–H and O–H groups in total. The Bertz CT molecular complexity index is 776. The molecule has 0 radical (unpaired) electrons. The lowest BCUT2D eigenvalue weighted by molar-refractivity contribution is -0.116. The first-order valence-corrected chi connectivity index (χ1v) is 9.78. The molecule has 4 nitrogen and oxygen atoms in total. The zero-order chi connectivity index (χ0) is 17.6. The van der Waals surface area contributed by atoms with Gasteiger partial charge in [0.05, 0.1) is 3.92 Å².